The molecule has 158 valence electrons. The topological polar surface area (TPSA) is 99.3 Å². The maximum Gasteiger partial charge on any atom is 0.307 e. The van der Waals surface area contributed by atoms with Crippen molar-refractivity contribution in [1.29, 1.82) is 0 Å². The molecule has 7 nitrogen and oxygen atoms in total. The van der Waals surface area contributed by atoms with Crippen LogP contribution in [0.5, 0.6) is 0 Å². The molecule has 2 aromatic carbocycles. The summed E-state index contributed by atoms with van der Waals surface area (Å²) >= 11 is 12.1. The van der Waals surface area contributed by atoms with Gasteiger partial charge in [-0.1, -0.05) is 35.3 Å². The zero-order chi connectivity index (χ0) is 21.4. The van der Waals surface area contributed by atoms with Gasteiger partial charge < -0.3 is 20.9 Å². The average Bonchev–Trinajstić information content (AvgIpc) is 2.63. The minimum Gasteiger partial charge on any atom is -0.466 e. The molecule has 1 unspecified atom stereocenters. The third-order valence-electron chi connectivity index (χ3n) is 4.20. The van der Waals surface area contributed by atoms with Gasteiger partial charge in [0.15, 0.2) is 0 Å². The van der Waals surface area contributed by atoms with Crippen molar-refractivity contribution in [1.82, 2.24) is 10.1 Å². The molecule has 0 saturated carbocycles. The smallest absolute Gasteiger partial charge is 0.307 e. The van der Waals surface area contributed by atoms with Crippen LogP contribution in [0, 0.1) is 0 Å². The second-order valence-electron chi connectivity index (χ2n) is 6.52. The van der Waals surface area contributed by atoms with Crippen LogP contribution in [0.1, 0.15) is 30.5 Å². The van der Waals surface area contributed by atoms with Crippen molar-refractivity contribution in [2.75, 3.05) is 25.4 Å². The highest BCUT2D eigenvalue weighted by Gasteiger charge is 2.24. The first-order valence-electron chi connectivity index (χ1n) is 9.14. The van der Waals surface area contributed by atoms with Gasteiger partial charge in [0.1, 0.15) is 0 Å². The van der Waals surface area contributed by atoms with Crippen molar-refractivity contribution in [3.63, 3.8) is 0 Å². The zero-order valence-electron chi connectivity index (χ0n) is 16.1. The first-order chi connectivity index (χ1) is 13.8. The van der Waals surface area contributed by atoms with E-state index in [1.165, 1.54) is 0 Å². The van der Waals surface area contributed by atoms with E-state index in [2.05, 4.69) is 0 Å². The molecule has 0 amide bonds. The van der Waals surface area contributed by atoms with Crippen LogP contribution < -0.4 is 5.73 Å². The SMILES string of the molecule is CCOC(=O)CC(c1cc(Cl)cc(Cl)c1)N(O)CCN(O)Cc1cccc(N)c1. The fourth-order valence-corrected chi connectivity index (χ4v) is 3.44. The number of carbonyl (C=O) groups is 1. The predicted molar refractivity (Wildman–Crippen MR) is 112 cm³/mol. The summed E-state index contributed by atoms with van der Waals surface area (Å²) in [5.41, 5.74) is 7.75. The molecule has 0 aromatic heterocycles. The second-order valence-corrected chi connectivity index (χ2v) is 7.40. The van der Waals surface area contributed by atoms with E-state index in [1.807, 2.05) is 6.07 Å². The number of hydrogen-bond donors (Lipinski definition) is 3. The van der Waals surface area contributed by atoms with E-state index in [0.29, 0.717) is 21.3 Å². The molecular weight excluding hydrogens is 417 g/mol. The van der Waals surface area contributed by atoms with Crippen molar-refractivity contribution >= 4 is 34.9 Å². The Morgan fingerprint density at radius 1 is 1.14 bits per heavy atom. The van der Waals surface area contributed by atoms with Gasteiger partial charge in [0.25, 0.3) is 0 Å². The predicted octanol–water partition coefficient (Wildman–Crippen LogP) is 4.15. The number of hydrogen-bond acceptors (Lipinski definition) is 7. The summed E-state index contributed by atoms with van der Waals surface area (Å²) in [5, 5.41) is 23.6. The lowest BCUT2D eigenvalue weighted by atomic mass is 10.0. The summed E-state index contributed by atoms with van der Waals surface area (Å²) in [4.78, 5) is 12.0. The van der Waals surface area contributed by atoms with E-state index in [9.17, 15) is 15.2 Å². The molecule has 0 aliphatic heterocycles. The Bertz CT molecular complexity index is 802. The van der Waals surface area contributed by atoms with Gasteiger partial charge in [0, 0.05) is 35.4 Å². The molecule has 4 N–H and O–H groups in total. The quantitative estimate of drug-likeness (QED) is 0.289. The van der Waals surface area contributed by atoms with Crippen molar-refractivity contribution in [3.8, 4) is 0 Å². The number of carbonyl (C=O) groups excluding carboxylic acids is 1. The molecule has 0 aliphatic rings. The highest BCUT2D eigenvalue weighted by molar-refractivity contribution is 6.34. The van der Waals surface area contributed by atoms with Crippen LogP contribution in [0.25, 0.3) is 0 Å². The Labute approximate surface area is 180 Å². The van der Waals surface area contributed by atoms with E-state index in [1.54, 1.807) is 43.3 Å². The minimum absolute atomic E-state index is 0.0625. The Kier molecular flexibility index (Phi) is 9.16. The number of nitrogen functional groups attached to an aromatic ring is 1. The number of ether oxygens (including phenoxy) is 1. The summed E-state index contributed by atoms with van der Waals surface area (Å²) in [6.45, 7) is 2.37. The van der Waals surface area contributed by atoms with Gasteiger partial charge in [-0.15, -0.1) is 0 Å². The lowest BCUT2D eigenvalue weighted by molar-refractivity contribution is -0.171. The number of hydroxylamine groups is 4. The molecule has 0 bridgehead atoms. The van der Waals surface area contributed by atoms with Crippen LogP contribution >= 0.6 is 23.2 Å². The Hall–Kier alpha value is -1.87. The highest BCUT2D eigenvalue weighted by Crippen LogP contribution is 2.29. The normalized spacial score (nSPS) is 12.4. The number of nitrogens with two attached hydrogens (primary N) is 1. The Morgan fingerprint density at radius 3 is 2.45 bits per heavy atom. The number of benzene rings is 2. The van der Waals surface area contributed by atoms with Crippen LogP contribution in [-0.2, 0) is 16.1 Å². The van der Waals surface area contributed by atoms with Gasteiger partial charge in [-0.3, -0.25) is 4.79 Å². The van der Waals surface area contributed by atoms with Crippen LogP contribution in [0.3, 0.4) is 0 Å². The average molecular weight is 442 g/mol. The molecule has 0 spiro atoms. The minimum atomic E-state index is -0.731. The molecule has 2 aromatic rings. The monoisotopic (exact) mass is 441 g/mol. The second kappa shape index (κ2) is 11.3. The molecule has 0 fully saturated rings. The molecule has 0 radical (unpaired) electrons. The van der Waals surface area contributed by atoms with Gasteiger partial charge in [-0.05, 0) is 48.4 Å². The standard InChI is InChI=1S/C20H25Cl2N3O4/c1-2-29-20(26)12-19(15-9-16(21)11-17(22)10-15)25(28)7-6-24(27)13-14-4-3-5-18(23)8-14/h3-5,8-11,19,27-28H,2,6-7,12-13,23H2,1H3. The van der Waals surface area contributed by atoms with E-state index >= 15 is 0 Å². The molecule has 0 saturated heterocycles. The summed E-state index contributed by atoms with van der Waals surface area (Å²) in [7, 11) is 0. The number of halogens is 2. The van der Waals surface area contributed by atoms with Crippen LogP contribution in [0.2, 0.25) is 10.0 Å². The lowest BCUT2D eigenvalue weighted by Crippen LogP contribution is -2.35. The van der Waals surface area contributed by atoms with Gasteiger partial charge in [-0.25, -0.2) is 0 Å². The van der Waals surface area contributed by atoms with Crippen molar-refractivity contribution < 1.29 is 19.9 Å². The summed E-state index contributed by atoms with van der Waals surface area (Å²) < 4.78 is 5.01. The van der Waals surface area contributed by atoms with E-state index in [4.69, 9.17) is 33.7 Å². The van der Waals surface area contributed by atoms with Crippen molar-refractivity contribution in [2.45, 2.75) is 25.9 Å². The number of nitrogens with zero attached hydrogens (tertiary/aromatic N) is 2. The van der Waals surface area contributed by atoms with E-state index in [-0.39, 0.29) is 32.7 Å². The third kappa shape index (κ3) is 7.81. The Balaban J connectivity index is 2.05. The molecule has 9 heteroatoms. The Morgan fingerprint density at radius 2 is 1.83 bits per heavy atom. The number of rotatable bonds is 10. The number of anilines is 1. The molecule has 0 heterocycles. The van der Waals surface area contributed by atoms with Gasteiger partial charge in [0.05, 0.1) is 19.1 Å². The zero-order valence-corrected chi connectivity index (χ0v) is 17.6. The van der Waals surface area contributed by atoms with Crippen LogP contribution in [-0.4, -0.2) is 46.2 Å². The lowest BCUT2D eigenvalue weighted by Gasteiger charge is -2.27. The van der Waals surface area contributed by atoms with Crippen molar-refractivity contribution in [2.24, 2.45) is 0 Å². The summed E-state index contributed by atoms with van der Waals surface area (Å²) in [6, 6.07) is 11.3. The first kappa shape index (κ1) is 23.4. The van der Waals surface area contributed by atoms with Gasteiger partial charge in [0.2, 0.25) is 0 Å². The molecule has 2 rings (SSSR count). The highest BCUT2D eigenvalue weighted by atomic mass is 35.5. The molecule has 1 atom stereocenters. The molecule has 29 heavy (non-hydrogen) atoms. The third-order valence-corrected chi connectivity index (χ3v) is 4.63. The maximum absolute atomic E-state index is 12.0. The summed E-state index contributed by atoms with van der Waals surface area (Å²) in [6.07, 6.45) is -0.0956. The summed E-state index contributed by atoms with van der Waals surface area (Å²) in [5.74, 6) is -0.465. The number of esters is 1. The maximum atomic E-state index is 12.0. The van der Waals surface area contributed by atoms with Crippen LogP contribution in [0.15, 0.2) is 42.5 Å². The molecule has 0 aliphatic carbocycles. The van der Waals surface area contributed by atoms with Gasteiger partial charge >= 0.3 is 5.97 Å². The van der Waals surface area contributed by atoms with Crippen molar-refractivity contribution in [3.05, 3.63) is 63.6 Å². The van der Waals surface area contributed by atoms with Gasteiger partial charge in [-0.2, -0.15) is 10.1 Å². The molecular formula is C20H25Cl2N3O4. The van der Waals surface area contributed by atoms with Crippen LogP contribution in [0.4, 0.5) is 5.69 Å². The largest absolute Gasteiger partial charge is 0.466 e. The fourth-order valence-electron chi connectivity index (χ4n) is 2.90. The fraction of sp³-hybridized carbons (Fsp3) is 0.350. The van der Waals surface area contributed by atoms with E-state index < -0.39 is 12.0 Å². The van der Waals surface area contributed by atoms with E-state index in [0.717, 1.165) is 15.7 Å². The first-order valence-corrected chi connectivity index (χ1v) is 9.89.